The van der Waals surface area contributed by atoms with Gasteiger partial charge in [0.1, 0.15) is 5.60 Å². The van der Waals surface area contributed by atoms with Crippen LogP contribution < -0.4 is 5.32 Å². The molecule has 1 aliphatic heterocycles. The smallest absolute Gasteiger partial charge is 0.252 e. The van der Waals surface area contributed by atoms with E-state index < -0.39 is 5.60 Å². The van der Waals surface area contributed by atoms with Gasteiger partial charge in [-0.1, -0.05) is 0 Å². The van der Waals surface area contributed by atoms with Crippen molar-refractivity contribution in [1.29, 1.82) is 0 Å². The molecule has 0 aromatic rings. The van der Waals surface area contributed by atoms with Crippen molar-refractivity contribution >= 4 is 17.7 Å². The monoisotopic (exact) mass is 243 g/mol. The van der Waals surface area contributed by atoms with E-state index in [2.05, 4.69) is 12.2 Å². The molecule has 2 N–H and O–H groups in total. The third-order valence-corrected chi connectivity index (χ3v) is 5.31. The van der Waals surface area contributed by atoms with Gasteiger partial charge in [-0.25, -0.2) is 0 Å². The topological polar surface area (TPSA) is 49.3 Å². The molecule has 1 amide bonds. The molecule has 1 saturated heterocycles. The summed E-state index contributed by atoms with van der Waals surface area (Å²) < 4.78 is 0.185. The van der Waals surface area contributed by atoms with Crippen molar-refractivity contribution < 1.29 is 9.90 Å². The molecule has 0 bridgehead atoms. The summed E-state index contributed by atoms with van der Waals surface area (Å²) in [5.74, 6) is 1.04. The summed E-state index contributed by atoms with van der Waals surface area (Å²) in [6.07, 6.45) is 5.59. The van der Waals surface area contributed by atoms with Crippen LogP contribution in [0.4, 0.5) is 0 Å². The Hall–Kier alpha value is -0.220. The standard InChI is InChI=1S/C12H21NO2S/c1-11(5-4-8-16-11)9-13-10(14)12(15)6-2-3-7-12/h15H,2-9H2,1H3,(H,13,14). The molecule has 1 unspecified atom stereocenters. The lowest BCUT2D eigenvalue weighted by Crippen LogP contribution is -2.48. The minimum Gasteiger partial charge on any atom is -0.380 e. The number of nitrogens with one attached hydrogen (secondary N) is 1. The summed E-state index contributed by atoms with van der Waals surface area (Å²) in [7, 11) is 0. The van der Waals surface area contributed by atoms with Crippen LogP contribution in [0.25, 0.3) is 0 Å². The molecular weight excluding hydrogens is 222 g/mol. The average Bonchev–Trinajstić information content (AvgIpc) is 2.86. The Kier molecular flexibility index (Phi) is 3.50. The van der Waals surface area contributed by atoms with Crippen molar-refractivity contribution in [3.8, 4) is 0 Å². The van der Waals surface area contributed by atoms with Crippen molar-refractivity contribution in [1.82, 2.24) is 5.32 Å². The summed E-state index contributed by atoms with van der Waals surface area (Å²) >= 11 is 1.93. The summed E-state index contributed by atoms with van der Waals surface area (Å²) in [5.41, 5.74) is -1.07. The van der Waals surface area contributed by atoms with Crippen LogP contribution in [-0.2, 0) is 4.79 Å². The van der Waals surface area contributed by atoms with Gasteiger partial charge < -0.3 is 10.4 Å². The number of amides is 1. The molecule has 1 heterocycles. The minimum atomic E-state index is -1.07. The second kappa shape index (κ2) is 4.57. The Morgan fingerprint density at radius 2 is 2.00 bits per heavy atom. The van der Waals surface area contributed by atoms with E-state index in [1.54, 1.807) is 0 Å². The summed E-state index contributed by atoms with van der Waals surface area (Å²) in [4.78, 5) is 11.9. The fourth-order valence-corrected chi connectivity index (χ4v) is 3.84. The van der Waals surface area contributed by atoms with E-state index in [4.69, 9.17) is 0 Å². The average molecular weight is 243 g/mol. The summed E-state index contributed by atoms with van der Waals surface area (Å²) in [6.45, 7) is 2.89. The predicted molar refractivity (Wildman–Crippen MR) is 66.5 cm³/mol. The molecule has 2 aliphatic rings. The lowest BCUT2D eigenvalue weighted by molar-refractivity contribution is -0.139. The molecule has 1 aliphatic carbocycles. The first-order valence-corrected chi connectivity index (χ1v) is 7.17. The lowest BCUT2D eigenvalue weighted by atomic mass is 10.0. The molecule has 4 heteroatoms. The highest BCUT2D eigenvalue weighted by atomic mass is 32.2. The molecule has 92 valence electrons. The van der Waals surface area contributed by atoms with Gasteiger partial charge in [-0.2, -0.15) is 11.8 Å². The van der Waals surface area contributed by atoms with E-state index in [0.717, 1.165) is 19.3 Å². The zero-order chi connectivity index (χ0) is 11.6. The van der Waals surface area contributed by atoms with Gasteiger partial charge in [-0.15, -0.1) is 0 Å². The first kappa shape index (κ1) is 12.2. The van der Waals surface area contributed by atoms with Gasteiger partial charge in [0.2, 0.25) is 0 Å². The lowest BCUT2D eigenvalue weighted by Gasteiger charge is -2.27. The zero-order valence-corrected chi connectivity index (χ0v) is 10.7. The van der Waals surface area contributed by atoms with Gasteiger partial charge in [-0.05, 0) is 51.2 Å². The van der Waals surface area contributed by atoms with Crippen LogP contribution in [0, 0.1) is 0 Å². The van der Waals surface area contributed by atoms with Crippen molar-refractivity contribution in [3.05, 3.63) is 0 Å². The van der Waals surface area contributed by atoms with Crippen molar-refractivity contribution in [2.24, 2.45) is 0 Å². The highest BCUT2D eigenvalue weighted by Gasteiger charge is 2.40. The highest BCUT2D eigenvalue weighted by Crippen LogP contribution is 2.37. The molecule has 3 nitrogen and oxygen atoms in total. The number of hydrogen-bond donors (Lipinski definition) is 2. The second-order valence-corrected chi connectivity index (χ2v) is 7.01. The summed E-state index contributed by atoms with van der Waals surface area (Å²) in [5, 5.41) is 13.0. The molecule has 1 saturated carbocycles. The van der Waals surface area contributed by atoms with E-state index >= 15 is 0 Å². The maximum atomic E-state index is 11.9. The molecule has 2 fully saturated rings. The first-order valence-electron chi connectivity index (χ1n) is 6.19. The quantitative estimate of drug-likeness (QED) is 0.793. The normalized spacial score (nSPS) is 32.9. The zero-order valence-electron chi connectivity index (χ0n) is 9.92. The van der Waals surface area contributed by atoms with Gasteiger partial charge in [0, 0.05) is 11.3 Å². The van der Waals surface area contributed by atoms with Crippen LogP contribution in [-0.4, -0.2) is 33.7 Å². The fraction of sp³-hybridized carbons (Fsp3) is 0.917. The Morgan fingerprint density at radius 1 is 1.31 bits per heavy atom. The molecule has 0 aromatic carbocycles. The van der Waals surface area contributed by atoms with Crippen molar-refractivity contribution in [2.45, 2.75) is 55.8 Å². The van der Waals surface area contributed by atoms with E-state index in [1.165, 1.54) is 12.2 Å². The largest absolute Gasteiger partial charge is 0.380 e. The Morgan fingerprint density at radius 3 is 2.56 bits per heavy atom. The number of rotatable bonds is 3. The molecule has 16 heavy (non-hydrogen) atoms. The summed E-state index contributed by atoms with van der Waals surface area (Å²) in [6, 6.07) is 0. The first-order chi connectivity index (χ1) is 7.54. The van der Waals surface area contributed by atoms with E-state index in [9.17, 15) is 9.90 Å². The molecule has 0 radical (unpaired) electrons. The van der Waals surface area contributed by atoms with Crippen LogP contribution in [0.15, 0.2) is 0 Å². The minimum absolute atomic E-state index is 0.154. The van der Waals surface area contributed by atoms with Gasteiger partial charge in [0.15, 0.2) is 0 Å². The molecule has 2 rings (SSSR count). The fourth-order valence-electron chi connectivity index (χ4n) is 2.60. The number of aliphatic hydroxyl groups is 1. The second-order valence-electron chi connectivity index (χ2n) is 5.32. The Bertz CT molecular complexity index is 268. The van der Waals surface area contributed by atoms with Crippen molar-refractivity contribution in [2.75, 3.05) is 12.3 Å². The highest BCUT2D eigenvalue weighted by molar-refractivity contribution is 8.00. The van der Waals surface area contributed by atoms with E-state index in [-0.39, 0.29) is 10.7 Å². The Labute approximate surface area is 101 Å². The predicted octanol–water partition coefficient (Wildman–Crippen LogP) is 1.69. The van der Waals surface area contributed by atoms with E-state index in [1.807, 2.05) is 11.8 Å². The maximum Gasteiger partial charge on any atom is 0.252 e. The Balaban J connectivity index is 1.83. The number of carbonyl (C=O) groups excluding carboxylic acids is 1. The van der Waals surface area contributed by atoms with Crippen LogP contribution in [0.2, 0.25) is 0 Å². The number of hydrogen-bond acceptors (Lipinski definition) is 3. The van der Waals surface area contributed by atoms with Crippen molar-refractivity contribution in [3.63, 3.8) is 0 Å². The number of carbonyl (C=O) groups is 1. The van der Waals surface area contributed by atoms with E-state index in [0.29, 0.717) is 19.4 Å². The molecule has 0 aromatic heterocycles. The van der Waals surface area contributed by atoms with Gasteiger partial charge in [0.05, 0.1) is 0 Å². The van der Waals surface area contributed by atoms with Crippen LogP contribution in [0.1, 0.15) is 45.4 Å². The van der Waals surface area contributed by atoms with Gasteiger partial charge in [0.25, 0.3) is 5.91 Å². The third-order valence-electron chi connectivity index (χ3n) is 3.78. The van der Waals surface area contributed by atoms with Gasteiger partial charge in [-0.3, -0.25) is 4.79 Å². The maximum absolute atomic E-state index is 11.9. The molecule has 0 spiro atoms. The van der Waals surface area contributed by atoms with Crippen LogP contribution in [0.5, 0.6) is 0 Å². The number of thioether (sulfide) groups is 1. The van der Waals surface area contributed by atoms with Crippen LogP contribution >= 0.6 is 11.8 Å². The third kappa shape index (κ3) is 2.54. The molecule has 1 atom stereocenters. The van der Waals surface area contributed by atoms with Crippen LogP contribution in [0.3, 0.4) is 0 Å². The van der Waals surface area contributed by atoms with Gasteiger partial charge >= 0.3 is 0 Å². The molecular formula is C12H21NO2S. The SMILES string of the molecule is CC1(CNC(=O)C2(O)CCCC2)CCCS1.